The number of carbonyl (C=O) groups excluding carboxylic acids is 1. The van der Waals surface area contributed by atoms with E-state index in [4.69, 9.17) is 9.57 Å². The summed E-state index contributed by atoms with van der Waals surface area (Å²) in [6.07, 6.45) is 0.0225. The van der Waals surface area contributed by atoms with E-state index >= 15 is 0 Å². The molecule has 2 aromatic carbocycles. The van der Waals surface area contributed by atoms with Gasteiger partial charge in [-0.2, -0.15) is 4.31 Å². The van der Waals surface area contributed by atoms with Gasteiger partial charge in [0, 0.05) is 38.7 Å². The first-order chi connectivity index (χ1) is 15.8. The van der Waals surface area contributed by atoms with Gasteiger partial charge in [0.15, 0.2) is 11.9 Å². The lowest BCUT2D eigenvalue weighted by Crippen LogP contribution is -2.51. The minimum atomic E-state index is -3.98. The first-order valence-corrected chi connectivity index (χ1v) is 11.6. The van der Waals surface area contributed by atoms with Gasteiger partial charge in [0.2, 0.25) is 10.0 Å². The van der Waals surface area contributed by atoms with Gasteiger partial charge in [-0.15, -0.1) is 0 Å². The average molecular weight is 474 g/mol. The first kappa shape index (κ1) is 22.7. The van der Waals surface area contributed by atoms with Gasteiger partial charge >= 0.3 is 5.69 Å². The predicted molar refractivity (Wildman–Crippen MR) is 117 cm³/mol. The molecule has 0 aromatic heterocycles. The lowest BCUT2D eigenvalue weighted by molar-refractivity contribution is -0.386. The fraction of sp³-hybridized carbons (Fsp3) is 0.333. The highest BCUT2D eigenvalue weighted by Crippen LogP contribution is 2.31. The number of nitrogens with zero attached hydrogens (tertiary/aromatic N) is 4. The first-order valence-electron chi connectivity index (χ1n) is 10.2. The van der Waals surface area contributed by atoms with Gasteiger partial charge in [0.05, 0.1) is 16.9 Å². The second-order valence-corrected chi connectivity index (χ2v) is 9.47. The summed E-state index contributed by atoms with van der Waals surface area (Å²) in [5, 5.41) is 15.2. The van der Waals surface area contributed by atoms with Crippen LogP contribution in [0.25, 0.3) is 0 Å². The summed E-state index contributed by atoms with van der Waals surface area (Å²) in [6.45, 7) is 0.463. The van der Waals surface area contributed by atoms with Crippen molar-refractivity contribution < 1.29 is 27.7 Å². The van der Waals surface area contributed by atoms with E-state index in [0.29, 0.717) is 12.1 Å². The summed E-state index contributed by atoms with van der Waals surface area (Å²) >= 11 is 0. The number of piperazine rings is 1. The minimum absolute atomic E-state index is 0.0252. The maximum Gasteiger partial charge on any atom is 0.312 e. The summed E-state index contributed by atoms with van der Waals surface area (Å²) in [4.78, 5) is 30.2. The molecule has 1 fully saturated rings. The number of oxime groups is 1. The molecule has 2 heterocycles. The Morgan fingerprint density at radius 1 is 1.15 bits per heavy atom. The summed E-state index contributed by atoms with van der Waals surface area (Å²) in [5.74, 6) is -0.312. The van der Waals surface area contributed by atoms with Crippen molar-refractivity contribution in [3.8, 4) is 5.75 Å². The van der Waals surface area contributed by atoms with Crippen LogP contribution in [0.5, 0.6) is 5.75 Å². The van der Waals surface area contributed by atoms with Crippen molar-refractivity contribution in [2.75, 3.05) is 33.3 Å². The van der Waals surface area contributed by atoms with Gasteiger partial charge in [0.1, 0.15) is 5.71 Å². The molecule has 11 nitrogen and oxygen atoms in total. The number of rotatable bonds is 6. The van der Waals surface area contributed by atoms with Gasteiger partial charge in [-0.25, -0.2) is 8.42 Å². The Balaban J connectivity index is 1.40. The molecule has 1 unspecified atom stereocenters. The summed E-state index contributed by atoms with van der Waals surface area (Å²) in [5.41, 5.74) is 0.791. The Kier molecular flexibility index (Phi) is 6.29. The van der Waals surface area contributed by atoms with E-state index in [1.807, 2.05) is 30.3 Å². The molecule has 0 spiro atoms. The van der Waals surface area contributed by atoms with Crippen LogP contribution in [0.3, 0.4) is 0 Å². The Hall–Kier alpha value is -3.51. The molecular weight excluding hydrogens is 452 g/mol. The highest BCUT2D eigenvalue weighted by Gasteiger charge is 2.35. The number of sulfonamides is 1. The van der Waals surface area contributed by atoms with Crippen LogP contribution in [0.4, 0.5) is 5.69 Å². The van der Waals surface area contributed by atoms with E-state index in [2.05, 4.69) is 5.16 Å². The molecule has 12 heteroatoms. The fourth-order valence-corrected chi connectivity index (χ4v) is 5.23. The second-order valence-electron chi connectivity index (χ2n) is 7.53. The third-order valence-electron chi connectivity index (χ3n) is 5.60. The second kappa shape index (κ2) is 9.16. The van der Waals surface area contributed by atoms with Crippen LogP contribution >= 0.6 is 0 Å². The Morgan fingerprint density at radius 3 is 2.48 bits per heavy atom. The molecule has 4 rings (SSSR count). The molecule has 1 amide bonds. The SMILES string of the molecule is COc1ccc(S(=O)(=O)N2CCN(C(=O)C3=NOC(c4ccccc4)C3)CC2)cc1[N+](=O)[O-]. The zero-order valence-electron chi connectivity index (χ0n) is 17.8. The summed E-state index contributed by atoms with van der Waals surface area (Å²) in [6, 6.07) is 13.0. The zero-order valence-corrected chi connectivity index (χ0v) is 18.6. The van der Waals surface area contributed by atoms with E-state index in [0.717, 1.165) is 11.6 Å². The number of benzene rings is 2. The molecular formula is C21H22N4O7S. The number of hydrogen-bond donors (Lipinski definition) is 0. The fourth-order valence-electron chi connectivity index (χ4n) is 3.79. The Bertz CT molecular complexity index is 1190. The molecule has 33 heavy (non-hydrogen) atoms. The highest BCUT2D eigenvalue weighted by atomic mass is 32.2. The highest BCUT2D eigenvalue weighted by molar-refractivity contribution is 7.89. The van der Waals surface area contributed by atoms with Crippen molar-refractivity contribution >= 4 is 27.3 Å². The topological polar surface area (TPSA) is 132 Å². The van der Waals surface area contributed by atoms with Crippen molar-refractivity contribution in [1.29, 1.82) is 0 Å². The van der Waals surface area contributed by atoms with Crippen LogP contribution in [0.2, 0.25) is 0 Å². The monoisotopic (exact) mass is 474 g/mol. The number of nitro benzene ring substituents is 1. The van der Waals surface area contributed by atoms with Crippen molar-refractivity contribution in [2.45, 2.75) is 17.4 Å². The lowest BCUT2D eigenvalue weighted by atomic mass is 10.0. The summed E-state index contributed by atoms with van der Waals surface area (Å²) in [7, 11) is -2.70. The van der Waals surface area contributed by atoms with Gasteiger partial charge in [-0.3, -0.25) is 14.9 Å². The molecule has 2 aromatic rings. The van der Waals surface area contributed by atoms with E-state index in [9.17, 15) is 23.3 Å². The number of methoxy groups -OCH3 is 1. The van der Waals surface area contributed by atoms with Crippen molar-refractivity contribution in [3.05, 3.63) is 64.2 Å². The minimum Gasteiger partial charge on any atom is -0.490 e. The lowest BCUT2D eigenvalue weighted by Gasteiger charge is -2.33. The number of amides is 1. The zero-order chi connectivity index (χ0) is 23.6. The smallest absolute Gasteiger partial charge is 0.312 e. The summed E-state index contributed by atoms with van der Waals surface area (Å²) < 4.78 is 32.2. The number of carbonyl (C=O) groups is 1. The third-order valence-corrected chi connectivity index (χ3v) is 7.49. The van der Waals surface area contributed by atoms with E-state index in [1.54, 1.807) is 0 Å². The molecule has 0 radical (unpaired) electrons. The molecule has 2 aliphatic heterocycles. The van der Waals surface area contributed by atoms with Crippen LogP contribution in [0, 0.1) is 10.1 Å². The van der Waals surface area contributed by atoms with Crippen molar-refractivity contribution in [3.63, 3.8) is 0 Å². The van der Waals surface area contributed by atoms with Crippen molar-refractivity contribution in [2.24, 2.45) is 5.16 Å². The van der Waals surface area contributed by atoms with Crippen LogP contribution in [0.1, 0.15) is 18.1 Å². The maximum absolute atomic E-state index is 13.0. The van der Waals surface area contributed by atoms with E-state index < -0.39 is 20.6 Å². The molecule has 1 saturated heterocycles. The predicted octanol–water partition coefficient (Wildman–Crippen LogP) is 1.95. The van der Waals surface area contributed by atoms with Crippen LogP contribution < -0.4 is 4.74 Å². The largest absolute Gasteiger partial charge is 0.490 e. The number of ether oxygens (including phenoxy) is 1. The molecule has 2 aliphatic rings. The molecule has 0 saturated carbocycles. The van der Waals surface area contributed by atoms with Crippen LogP contribution in [-0.2, 0) is 19.7 Å². The molecule has 1 atom stereocenters. The molecule has 174 valence electrons. The van der Waals surface area contributed by atoms with Crippen molar-refractivity contribution in [1.82, 2.24) is 9.21 Å². The Morgan fingerprint density at radius 2 is 1.85 bits per heavy atom. The van der Waals surface area contributed by atoms with E-state index in [1.165, 1.54) is 28.4 Å². The molecule has 0 bridgehead atoms. The van der Waals surface area contributed by atoms with Gasteiger partial charge in [0.25, 0.3) is 5.91 Å². The van der Waals surface area contributed by atoms with Gasteiger partial charge in [-0.05, 0) is 17.7 Å². The standard InChI is InChI=1S/C21H22N4O7S/c1-31-19-8-7-16(13-18(19)25(27)28)33(29,30)24-11-9-23(10-12-24)21(26)17-14-20(32-22-17)15-5-3-2-4-6-15/h2-8,13,20H,9-12,14H2,1H3. The van der Waals surface area contributed by atoms with Gasteiger partial charge < -0.3 is 14.5 Å². The number of nitro groups is 1. The molecule has 0 aliphatic carbocycles. The number of hydrogen-bond acceptors (Lipinski definition) is 8. The normalized spacial score (nSPS) is 19.0. The van der Waals surface area contributed by atoms with Crippen LogP contribution in [-0.4, -0.2) is 67.5 Å². The van der Waals surface area contributed by atoms with Gasteiger partial charge in [-0.1, -0.05) is 35.5 Å². The third kappa shape index (κ3) is 4.52. The quantitative estimate of drug-likeness (QED) is 0.462. The Labute approximate surface area is 190 Å². The maximum atomic E-state index is 13.0. The van der Waals surface area contributed by atoms with E-state index in [-0.39, 0.29) is 48.8 Å². The van der Waals surface area contributed by atoms with Crippen LogP contribution in [0.15, 0.2) is 58.6 Å². The molecule has 0 N–H and O–H groups in total. The average Bonchev–Trinajstić information content (AvgIpc) is 3.34.